The van der Waals surface area contributed by atoms with Gasteiger partial charge in [0.15, 0.2) is 0 Å². The van der Waals surface area contributed by atoms with Crippen LogP contribution in [0.25, 0.3) is 11.8 Å². The van der Waals surface area contributed by atoms with E-state index in [9.17, 15) is 4.79 Å². The molecule has 3 aromatic carbocycles. The topological polar surface area (TPSA) is 20.3 Å². The summed E-state index contributed by atoms with van der Waals surface area (Å²) in [6.07, 6.45) is 2.12. The van der Waals surface area contributed by atoms with Crippen LogP contribution in [-0.4, -0.2) is 10.8 Å². The van der Waals surface area contributed by atoms with Crippen LogP contribution in [0.3, 0.4) is 0 Å². The summed E-state index contributed by atoms with van der Waals surface area (Å²) in [7, 11) is 0. The third-order valence-corrected chi connectivity index (χ3v) is 4.62. The first-order valence-electron chi connectivity index (χ1n) is 8.46. The second-order valence-corrected chi connectivity index (χ2v) is 6.23. The molecule has 122 valence electrons. The van der Waals surface area contributed by atoms with Gasteiger partial charge < -0.3 is 4.90 Å². The van der Waals surface area contributed by atoms with Crippen molar-refractivity contribution in [1.29, 1.82) is 0 Å². The van der Waals surface area contributed by atoms with Crippen molar-refractivity contribution in [3.63, 3.8) is 0 Å². The Bertz CT molecular complexity index is 929. The van der Waals surface area contributed by atoms with Crippen LogP contribution in [0.1, 0.15) is 35.2 Å². The fourth-order valence-corrected chi connectivity index (χ4v) is 3.53. The molecular weight excluding hydrogens is 306 g/mol. The molecule has 1 unspecified atom stereocenters. The molecule has 0 spiro atoms. The van der Waals surface area contributed by atoms with E-state index < -0.39 is 0 Å². The van der Waals surface area contributed by atoms with E-state index in [1.54, 1.807) is 6.92 Å². The number of amides is 1. The van der Waals surface area contributed by atoms with Crippen LogP contribution >= 0.6 is 0 Å². The number of fused-ring (bicyclic) bond motifs is 1. The van der Waals surface area contributed by atoms with Crippen LogP contribution in [0, 0.1) is 0 Å². The molecule has 0 saturated carbocycles. The lowest BCUT2D eigenvalue weighted by Gasteiger charge is -2.38. The standard InChI is InChI=1S/C23H19NO/c1-17(25)24-22(18-10-4-2-5-11-18)16-20-14-8-9-15-21(20)23(24)19-12-6-3-7-13-19/h2-16,23H,1H3. The lowest BCUT2D eigenvalue weighted by Crippen LogP contribution is -2.34. The van der Waals surface area contributed by atoms with Crippen molar-refractivity contribution in [3.05, 3.63) is 107 Å². The predicted octanol–water partition coefficient (Wildman–Crippen LogP) is 5.14. The molecule has 0 fully saturated rings. The van der Waals surface area contributed by atoms with Gasteiger partial charge in [0, 0.05) is 6.92 Å². The van der Waals surface area contributed by atoms with Crippen LogP contribution in [0.2, 0.25) is 0 Å². The monoisotopic (exact) mass is 325 g/mol. The number of hydrogen-bond donors (Lipinski definition) is 0. The average molecular weight is 325 g/mol. The summed E-state index contributed by atoms with van der Waals surface area (Å²) in [5.74, 6) is 0.0402. The minimum atomic E-state index is -0.116. The second-order valence-electron chi connectivity index (χ2n) is 6.23. The molecule has 1 atom stereocenters. The van der Waals surface area contributed by atoms with Crippen molar-refractivity contribution in [2.45, 2.75) is 13.0 Å². The molecule has 2 heteroatoms. The molecule has 0 aliphatic carbocycles. The Morgan fingerprint density at radius 3 is 2.08 bits per heavy atom. The van der Waals surface area contributed by atoms with Gasteiger partial charge >= 0.3 is 0 Å². The summed E-state index contributed by atoms with van der Waals surface area (Å²) < 4.78 is 0. The van der Waals surface area contributed by atoms with Gasteiger partial charge in [-0.15, -0.1) is 0 Å². The van der Waals surface area contributed by atoms with Crippen molar-refractivity contribution in [3.8, 4) is 0 Å². The molecule has 4 rings (SSSR count). The first-order chi connectivity index (χ1) is 12.3. The van der Waals surface area contributed by atoms with E-state index in [1.165, 1.54) is 0 Å². The molecule has 0 bridgehead atoms. The van der Waals surface area contributed by atoms with Gasteiger partial charge in [-0.1, -0.05) is 84.9 Å². The Hall–Kier alpha value is -3.13. The van der Waals surface area contributed by atoms with Crippen molar-refractivity contribution < 1.29 is 4.79 Å². The molecular formula is C23H19NO. The summed E-state index contributed by atoms with van der Waals surface area (Å²) >= 11 is 0. The van der Waals surface area contributed by atoms with Gasteiger partial charge in [-0.3, -0.25) is 4.79 Å². The Morgan fingerprint density at radius 2 is 1.40 bits per heavy atom. The lowest BCUT2D eigenvalue weighted by molar-refractivity contribution is -0.126. The van der Waals surface area contributed by atoms with Gasteiger partial charge in [0.25, 0.3) is 0 Å². The van der Waals surface area contributed by atoms with E-state index in [-0.39, 0.29) is 11.9 Å². The molecule has 0 radical (unpaired) electrons. The number of nitrogens with zero attached hydrogens (tertiary/aromatic N) is 1. The zero-order valence-corrected chi connectivity index (χ0v) is 14.1. The van der Waals surface area contributed by atoms with E-state index in [0.717, 1.165) is 28.0 Å². The molecule has 0 aromatic heterocycles. The Kier molecular flexibility index (Phi) is 3.95. The third-order valence-electron chi connectivity index (χ3n) is 4.62. The largest absolute Gasteiger partial charge is 0.300 e. The lowest BCUT2D eigenvalue weighted by atomic mass is 9.87. The highest BCUT2D eigenvalue weighted by Gasteiger charge is 2.32. The molecule has 1 aliphatic rings. The summed E-state index contributed by atoms with van der Waals surface area (Å²) in [5.41, 5.74) is 5.43. The number of benzene rings is 3. The molecule has 3 aromatic rings. The Balaban J connectivity index is 1.97. The molecule has 25 heavy (non-hydrogen) atoms. The van der Waals surface area contributed by atoms with Crippen molar-refractivity contribution in [2.24, 2.45) is 0 Å². The Morgan fingerprint density at radius 1 is 0.800 bits per heavy atom. The van der Waals surface area contributed by atoms with Crippen LogP contribution in [0.4, 0.5) is 0 Å². The summed E-state index contributed by atoms with van der Waals surface area (Å²) in [4.78, 5) is 14.6. The first-order valence-corrected chi connectivity index (χ1v) is 8.46. The molecule has 0 N–H and O–H groups in total. The highest BCUT2D eigenvalue weighted by Crippen LogP contribution is 2.41. The van der Waals surface area contributed by atoms with E-state index in [4.69, 9.17) is 0 Å². The number of rotatable bonds is 2. The van der Waals surface area contributed by atoms with E-state index in [2.05, 4.69) is 42.5 Å². The number of carbonyl (C=O) groups excluding carboxylic acids is 1. The van der Waals surface area contributed by atoms with E-state index >= 15 is 0 Å². The second kappa shape index (κ2) is 6.40. The van der Waals surface area contributed by atoms with Crippen LogP contribution < -0.4 is 0 Å². The number of carbonyl (C=O) groups is 1. The van der Waals surface area contributed by atoms with Gasteiger partial charge in [-0.05, 0) is 28.3 Å². The smallest absolute Gasteiger partial charge is 0.224 e. The molecule has 1 amide bonds. The van der Waals surface area contributed by atoms with Crippen LogP contribution in [0.5, 0.6) is 0 Å². The van der Waals surface area contributed by atoms with Gasteiger partial charge in [-0.2, -0.15) is 0 Å². The SMILES string of the molecule is CC(=O)N1C(c2ccccc2)=Cc2ccccc2C1c1ccccc1. The van der Waals surface area contributed by atoms with E-state index in [1.807, 2.05) is 53.4 Å². The molecule has 1 heterocycles. The first kappa shape index (κ1) is 15.4. The highest BCUT2D eigenvalue weighted by molar-refractivity contribution is 5.94. The van der Waals surface area contributed by atoms with Crippen molar-refractivity contribution in [1.82, 2.24) is 4.90 Å². The minimum absolute atomic E-state index is 0.0402. The van der Waals surface area contributed by atoms with Gasteiger partial charge in [0.1, 0.15) is 0 Å². The number of hydrogen-bond acceptors (Lipinski definition) is 1. The minimum Gasteiger partial charge on any atom is -0.300 e. The maximum atomic E-state index is 12.7. The zero-order valence-electron chi connectivity index (χ0n) is 14.1. The summed E-state index contributed by atoms with van der Waals surface area (Å²) in [6.45, 7) is 1.64. The molecule has 2 nitrogen and oxygen atoms in total. The van der Waals surface area contributed by atoms with Gasteiger partial charge in [-0.25, -0.2) is 0 Å². The fraction of sp³-hybridized carbons (Fsp3) is 0.0870. The van der Waals surface area contributed by atoms with Gasteiger partial charge in [0.05, 0.1) is 11.7 Å². The van der Waals surface area contributed by atoms with Gasteiger partial charge in [0.2, 0.25) is 5.91 Å². The summed E-state index contributed by atoms with van der Waals surface area (Å²) in [6, 6.07) is 28.5. The molecule has 0 saturated heterocycles. The zero-order chi connectivity index (χ0) is 17.2. The van der Waals surface area contributed by atoms with Crippen LogP contribution in [-0.2, 0) is 4.79 Å². The maximum Gasteiger partial charge on any atom is 0.224 e. The average Bonchev–Trinajstić information content (AvgIpc) is 2.67. The van der Waals surface area contributed by atoms with Crippen LogP contribution in [0.15, 0.2) is 84.9 Å². The Labute approximate surface area is 148 Å². The maximum absolute atomic E-state index is 12.7. The fourth-order valence-electron chi connectivity index (χ4n) is 3.53. The summed E-state index contributed by atoms with van der Waals surface area (Å²) in [5, 5.41) is 0. The van der Waals surface area contributed by atoms with Crippen molar-refractivity contribution >= 4 is 17.7 Å². The van der Waals surface area contributed by atoms with E-state index in [0.29, 0.717) is 0 Å². The molecule has 1 aliphatic heterocycles. The predicted molar refractivity (Wildman–Crippen MR) is 102 cm³/mol. The normalized spacial score (nSPS) is 16.1. The quantitative estimate of drug-likeness (QED) is 0.639. The highest BCUT2D eigenvalue weighted by atomic mass is 16.2. The third kappa shape index (κ3) is 2.76. The van der Waals surface area contributed by atoms with Crippen molar-refractivity contribution in [2.75, 3.05) is 0 Å².